The third-order valence-electron chi connectivity index (χ3n) is 3.06. The van der Waals surface area contributed by atoms with Gasteiger partial charge in [0.25, 0.3) is 0 Å². The molecule has 6 heteroatoms. The molecule has 0 unspecified atom stereocenters. The third-order valence-corrected chi connectivity index (χ3v) is 3.06. The molecule has 0 aliphatic rings. The number of unbranched alkanes of at least 4 members (excludes halogenated alkanes) is 2. The highest BCUT2D eigenvalue weighted by Crippen LogP contribution is 2.04. The zero-order chi connectivity index (χ0) is 14.7. The second kappa shape index (κ2) is 10.9. The highest BCUT2D eigenvalue weighted by Gasteiger charge is 2.20. The predicted molar refractivity (Wildman–Crippen MR) is 76.4 cm³/mol. The molecule has 0 heterocycles. The molecular weight excluding hydrogens is 244 g/mol. The normalized spacial score (nSPS) is 13.9. The molecule has 0 spiro atoms. The number of nitrogens with two attached hydrogens (primary N) is 3. The Balaban J connectivity index is 4.11. The first-order valence-electron chi connectivity index (χ1n) is 6.99. The lowest BCUT2D eigenvalue weighted by molar-refractivity contribution is -0.128. The van der Waals surface area contributed by atoms with E-state index >= 15 is 0 Å². The van der Waals surface area contributed by atoms with E-state index < -0.39 is 12.1 Å². The van der Waals surface area contributed by atoms with Crippen LogP contribution in [0.4, 0.5) is 0 Å². The van der Waals surface area contributed by atoms with E-state index in [4.69, 9.17) is 17.2 Å². The first-order chi connectivity index (χ1) is 9.02. The van der Waals surface area contributed by atoms with Gasteiger partial charge in [-0.3, -0.25) is 9.59 Å². The van der Waals surface area contributed by atoms with E-state index in [1.54, 1.807) is 0 Å². The third kappa shape index (κ3) is 8.69. The zero-order valence-corrected chi connectivity index (χ0v) is 11.9. The van der Waals surface area contributed by atoms with Crippen LogP contribution in [0, 0.1) is 0 Å². The van der Waals surface area contributed by atoms with Crippen molar-refractivity contribution < 1.29 is 9.59 Å². The summed E-state index contributed by atoms with van der Waals surface area (Å²) in [4.78, 5) is 23.3. The number of ketones is 1. The number of hydrogen-bond donors (Lipinski definition) is 4. The molecule has 112 valence electrons. The second-order valence-corrected chi connectivity index (χ2v) is 4.85. The molecule has 0 saturated carbocycles. The van der Waals surface area contributed by atoms with Crippen molar-refractivity contribution in [2.45, 2.75) is 57.5 Å². The molecule has 0 rings (SSSR count). The van der Waals surface area contributed by atoms with E-state index in [2.05, 4.69) is 5.32 Å². The van der Waals surface area contributed by atoms with Crippen LogP contribution in [-0.4, -0.2) is 36.9 Å². The van der Waals surface area contributed by atoms with Gasteiger partial charge in [-0.2, -0.15) is 0 Å². The Morgan fingerprint density at radius 3 is 2.00 bits per heavy atom. The van der Waals surface area contributed by atoms with Crippen molar-refractivity contribution in [3.05, 3.63) is 0 Å². The van der Waals surface area contributed by atoms with Crippen LogP contribution in [0.15, 0.2) is 0 Å². The van der Waals surface area contributed by atoms with Crippen molar-refractivity contribution >= 4 is 11.7 Å². The fourth-order valence-electron chi connectivity index (χ4n) is 1.79. The average molecular weight is 272 g/mol. The molecule has 0 aliphatic heterocycles. The van der Waals surface area contributed by atoms with Crippen molar-refractivity contribution in [2.75, 3.05) is 13.1 Å². The molecule has 19 heavy (non-hydrogen) atoms. The number of Topliss-reactive ketones (excluding diaryl/α,β-unsaturated/α-hetero) is 1. The molecule has 1 amide bonds. The van der Waals surface area contributed by atoms with E-state index in [0.717, 1.165) is 25.7 Å². The van der Waals surface area contributed by atoms with Crippen LogP contribution in [0.3, 0.4) is 0 Å². The quantitative estimate of drug-likeness (QED) is 0.382. The van der Waals surface area contributed by atoms with E-state index in [0.29, 0.717) is 25.9 Å². The van der Waals surface area contributed by atoms with Gasteiger partial charge < -0.3 is 22.5 Å². The summed E-state index contributed by atoms with van der Waals surface area (Å²) in [5.41, 5.74) is 16.6. The molecule has 0 bridgehead atoms. The fourth-order valence-corrected chi connectivity index (χ4v) is 1.79. The molecule has 0 radical (unpaired) electrons. The highest BCUT2D eigenvalue weighted by atomic mass is 16.2. The van der Waals surface area contributed by atoms with Gasteiger partial charge in [0.05, 0.1) is 12.1 Å². The van der Waals surface area contributed by atoms with E-state index in [1.165, 1.54) is 6.92 Å². The molecule has 0 aromatic rings. The minimum Gasteiger partial charge on any atom is -0.345 e. The number of nitrogens with one attached hydrogen (secondary N) is 1. The number of carbonyl (C=O) groups is 2. The van der Waals surface area contributed by atoms with Gasteiger partial charge in [0.2, 0.25) is 5.91 Å². The summed E-state index contributed by atoms with van der Waals surface area (Å²) in [6.45, 7) is 2.67. The molecular formula is C13H28N4O2. The SMILES string of the molecule is CC(=O)[C@@H](CCCCN)NC(=O)[C@H](N)CCCCN. The van der Waals surface area contributed by atoms with Crippen LogP contribution < -0.4 is 22.5 Å². The van der Waals surface area contributed by atoms with Crippen LogP contribution in [-0.2, 0) is 9.59 Å². The largest absolute Gasteiger partial charge is 0.345 e. The van der Waals surface area contributed by atoms with Crippen LogP contribution >= 0.6 is 0 Å². The van der Waals surface area contributed by atoms with Gasteiger partial charge in [-0.1, -0.05) is 6.42 Å². The molecule has 0 fully saturated rings. The molecule has 7 N–H and O–H groups in total. The van der Waals surface area contributed by atoms with Gasteiger partial charge >= 0.3 is 0 Å². The van der Waals surface area contributed by atoms with Gasteiger partial charge in [0.15, 0.2) is 5.78 Å². The van der Waals surface area contributed by atoms with Crippen molar-refractivity contribution in [3.63, 3.8) is 0 Å². The van der Waals surface area contributed by atoms with Gasteiger partial charge in [-0.05, 0) is 52.1 Å². The highest BCUT2D eigenvalue weighted by molar-refractivity contribution is 5.89. The maximum Gasteiger partial charge on any atom is 0.237 e. The Hall–Kier alpha value is -0.980. The van der Waals surface area contributed by atoms with Crippen molar-refractivity contribution in [2.24, 2.45) is 17.2 Å². The van der Waals surface area contributed by atoms with Gasteiger partial charge in [0, 0.05) is 0 Å². The lowest BCUT2D eigenvalue weighted by atomic mass is 10.0. The molecule has 0 aliphatic carbocycles. The van der Waals surface area contributed by atoms with Crippen LogP contribution in [0.1, 0.15) is 45.4 Å². The molecule has 0 aromatic carbocycles. The Labute approximate surface area is 115 Å². The number of carbonyl (C=O) groups excluding carboxylic acids is 2. The fraction of sp³-hybridized carbons (Fsp3) is 0.846. The first kappa shape index (κ1) is 18.0. The molecule has 2 atom stereocenters. The standard InChI is InChI=1S/C13H28N4O2/c1-10(18)12(7-3-5-9-15)17-13(19)11(16)6-2-4-8-14/h11-12H,2-9,14-16H2,1H3,(H,17,19)/t11-,12-/m1/s1. The van der Waals surface area contributed by atoms with Gasteiger partial charge in [-0.15, -0.1) is 0 Å². The van der Waals surface area contributed by atoms with Gasteiger partial charge in [-0.25, -0.2) is 0 Å². The Morgan fingerprint density at radius 2 is 1.53 bits per heavy atom. The van der Waals surface area contributed by atoms with Crippen molar-refractivity contribution in [1.82, 2.24) is 5.32 Å². The zero-order valence-electron chi connectivity index (χ0n) is 11.9. The van der Waals surface area contributed by atoms with Crippen molar-refractivity contribution in [1.29, 1.82) is 0 Å². The topological polar surface area (TPSA) is 124 Å². The molecule has 6 nitrogen and oxygen atoms in total. The summed E-state index contributed by atoms with van der Waals surface area (Å²) in [6.07, 6.45) is 4.56. The Bertz CT molecular complexity index is 271. The summed E-state index contributed by atoms with van der Waals surface area (Å²) >= 11 is 0. The van der Waals surface area contributed by atoms with E-state index in [-0.39, 0.29) is 11.7 Å². The summed E-state index contributed by atoms with van der Waals surface area (Å²) in [7, 11) is 0. The summed E-state index contributed by atoms with van der Waals surface area (Å²) in [5.74, 6) is -0.301. The maximum absolute atomic E-state index is 11.8. The van der Waals surface area contributed by atoms with Crippen molar-refractivity contribution in [3.8, 4) is 0 Å². The van der Waals surface area contributed by atoms with Gasteiger partial charge in [0.1, 0.15) is 0 Å². The smallest absolute Gasteiger partial charge is 0.237 e. The number of rotatable bonds is 11. The molecule has 0 aromatic heterocycles. The van der Waals surface area contributed by atoms with Crippen LogP contribution in [0.25, 0.3) is 0 Å². The first-order valence-corrected chi connectivity index (χ1v) is 6.99. The lowest BCUT2D eigenvalue weighted by Gasteiger charge is -2.18. The Kier molecular flexibility index (Phi) is 10.3. The minimum atomic E-state index is -0.567. The van der Waals surface area contributed by atoms with E-state index in [9.17, 15) is 9.59 Å². The van der Waals surface area contributed by atoms with Crippen LogP contribution in [0.5, 0.6) is 0 Å². The lowest BCUT2D eigenvalue weighted by Crippen LogP contribution is -2.47. The van der Waals surface area contributed by atoms with Crippen LogP contribution in [0.2, 0.25) is 0 Å². The number of hydrogen-bond acceptors (Lipinski definition) is 5. The average Bonchev–Trinajstić information content (AvgIpc) is 2.37. The van der Waals surface area contributed by atoms with E-state index in [1.807, 2.05) is 0 Å². The maximum atomic E-state index is 11.8. The monoisotopic (exact) mass is 272 g/mol. The minimum absolute atomic E-state index is 0.0421. The summed E-state index contributed by atoms with van der Waals surface area (Å²) in [5, 5.41) is 2.72. The molecule has 0 saturated heterocycles. The summed E-state index contributed by atoms with van der Waals surface area (Å²) in [6, 6.07) is -1.01. The second-order valence-electron chi connectivity index (χ2n) is 4.85. The number of amides is 1. The predicted octanol–water partition coefficient (Wildman–Crippen LogP) is -0.354. The Morgan fingerprint density at radius 1 is 1.00 bits per heavy atom. The summed E-state index contributed by atoms with van der Waals surface area (Å²) < 4.78 is 0.